The van der Waals surface area contributed by atoms with Gasteiger partial charge in [0.2, 0.25) is 21.8 Å². The molecule has 1 aliphatic heterocycles. The third-order valence-electron chi connectivity index (χ3n) is 7.44. The fraction of sp³-hybridized carbons (Fsp3) is 0.517. The molecule has 8 nitrogen and oxygen atoms in total. The zero-order valence-corrected chi connectivity index (χ0v) is 23.6. The van der Waals surface area contributed by atoms with Gasteiger partial charge in [-0.15, -0.1) is 0 Å². The molecule has 3 N–H and O–H groups in total. The first kappa shape index (κ1) is 28.3. The Morgan fingerprint density at radius 2 is 1.87 bits per heavy atom. The second-order valence-corrected chi connectivity index (χ2v) is 12.8. The zero-order chi connectivity index (χ0) is 27.4. The van der Waals surface area contributed by atoms with Crippen LogP contribution >= 0.6 is 0 Å². The monoisotopic (exact) mass is 540 g/mol. The van der Waals surface area contributed by atoms with Crippen LogP contribution in [-0.4, -0.2) is 50.2 Å². The predicted molar refractivity (Wildman–Crippen MR) is 148 cm³/mol. The van der Waals surface area contributed by atoms with Crippen molar-refractivity contribution in [2.24, 2.45) is 5.92 Å². The lowest BCUT2D eigenvalue weighted by molar-refractivity contribution is -0.132. The minimum Gasteiger partial charge on any atom is -0.353 e. The molecule has 0 aromatic heterocycles. The van der Waals surface area contributed by atoms with Crippen molar-refractivity contribution in [3.05, 3.63) is 64.7 Å². The summed E-state index contributed by atoms with van der Waals surface area (Å²) in [5.41, 5.74) is 4.50. The summed E-state index contributed by atoms with van der Waals surface area (Å²) in [6.07, 6.45) is 2.49. The fourth-order valence-electron chi connectivity index (χ4n) is 5.23. The summed E-state index contributed by atoms with van der Waals surface area (Å²) in [4.78, 5) is 26.1. The van der Waals surface area contributed by atoms with E-state index in [1.54, 1.807) is 24.3 Å². The van der Waals surface area contributed by atoms with Gasteiger partial charge in [-0.25, -0.2) is 8.42 Å². The van der Waals surface area contributed by atoms with Crippen molar-refractivity contribution in [1.29, 1.82) is 0 Å². The van der Waals surface area contributed by atoms with E-state index in [0.717, 1.165) is 36.9 Å². The van der Waals surface area contributed by atoms with E-state index < -0.39 is 22.0 Å². The summed E-state index contributed by atoms with van der Waals surface area (Å²) >= 11 is 0. The lowest BCUT2D eigenvalue weighted by Crippen LogP contribution is -2.58. The number of rotatable bonds is 9. The molecular weight excluding hydrogens is 500 g/mol. The molecule has 2 aromatic carbocycles. The van der Waals surface area contributed by atoms with Gasteiger partial charge in [0.1, 0.15) is 6.04 Å². The van der Waals surface area contributed by atoms with Gasteiger partial charge >= 0.3 is 0 Å². The van der Waals surface area contributed by atoms with E-state index in [-0.39, 0.29) is 42.4 Å². The Balaban J connectivity index is 1.47. The minimum atomic E-state index is -3.92. The molecule has 1 fully saturated rings. The normalized spacial score (nSPS) is 21.0. The van der Waals surface area contributed by atoms with Crippen LogP contribution in [0.1, 0.15) is 74.4 Å². The number of fused-ring (bicyclic) bond motifs is 1. The molecule has 3 atom stereocenters. The summed E-state index contributed by atoms with van der Waals surface area (Å²) in [5, 5.41) is 9.38. The largest absolute Gasteiger partial charge is 0.353 e. The maximum Gasteiger partial charge on any atom is 0.243 e. The Morgan fingerprint density at radius 1 is 1.13 bits per heavy atom. The predicted octanol–water partition coefficient (Wildman–Crippen LogP) is 3.37. The van der Waals surface area contributed by atoms with Gasteiger partial charge in [0.25, 0.3) is 0 Å². The molecule has 9 heteroatoms. The van der Waals surface area contributed by atoms with Crippen molar-refractivity contribution < 1.29 is 18.0 Å². The third kappa shape index (κ3) is 6.45. The van der Waals surface area contributed by atoms with E-state index in [1.165, 1.54) is 15.4 Å². The number of aryl methyl sites for hydroxylation is 2. The van der Waals surface area contributed by atoms with Gasteiger partial charge in [0.15, 0.2) is 0 Å². The number of hydrogen-bond donors (Lipinski definition) is 3. The fourth-order valence-corrected chi connectivity index (χ4v) is 6.82. The van der Waals surface area contributed by atoms with Crippen molar-refractivity contribution in [1.82, 2.24) is 20.3 Å². The first-order valence-corrected chi connectivity index (χ1v) is 15.0. The number of sulfonamides is 1. The maximum atomic E-state index is 13.4. The number of piperazine rings is 1. The van der Waals surface area contributed by atoms with Gasteiger partial charge in [-0.05, 0) is 74.4 Å². The van der Waals surface area contributed by atoms with Crippen LogP contribution in [0.2, 0.25) is 0 Å². The van der Waals surface area contributed by atoms with Gasteiger partial charge in [-0.2, -0.15) is 4.31 Å². The second-order valence-electron chi connectivity index (χ2n) is 10.9. The van der Waals surface area contributed by atoms with E-state index in [1.807, 2.05) is 6.92 Å². The molecule has 0 bridgehead atoms. The molecule has 0 radical (unpaired) electrons. The number of nitrogens with one attached hydrogen (secondary N) is 3. The summed E-state index contributed by atoms with van der Waals surface area (Å²) in [6.45, 7) is 9.71. The van der Waals surface area contributed by atoms with Crippen LogP contribution in [0.25, 0.3) is 0 Å². The average Bonchev–Trinajstić information content (AvgIpc) is 2.88. The lowest BCUT2D eigenvalue weighted by Gasteiger charge is -2.34. The van der Waals surface area contributed by atoms with E-state index >= 15 is 0 Å². The van der Waals surface area contributed by atoms with Gasteiger partial charge in [-0.3, -0.25) is 9.59 Å². The Kier molecular flexibility index (Phi) is 8.90. The highest BCUT2D eigenvalue weighted by Crippen LogP contribution is 2.32. The van der Waals surface area contributed by atoms with E-state index in [2.05, 4.69) is 54.9 Å². The van der Waals surface area contributed by atoms with Gasteiger partial charge in [0, 0.05) is 19.1 Å². The van der Waals surface area contributed by atoms with Crippen LogP contribution in [-0.2, 0) is 26.0 Å². The van der Waals surface area contributed by atoms with Crippen LogP contribution in [0.5, 0.6) is 0 Å². The molecule has 2 aromatic rings. The zero-order valence-electron chi connectivity index (χ0n) is 22.8. The molecular formula is C29H40N4O4S. The third-order valence-corrected chi connectivity index (χ3v) is 9.36. The number of nitrogens with zero attached hydrogens (tertiary/aromatic N) is 1. The van der Waals surface area contributed by atoms with E-state index in [0.29, 0.717) is 5.92 Å². The van der Waals surface area contributed by atoms with Gasteiger partial charge < -0.3 is 16.0 Å². The van der Waals surface area contributed by atoms with Gasteiger partial charge in [0.05, 0.1) is 17.4 Å². The van der Waals surface area contributed by atoms with Gasteiger partial charge in [-0.1, -0.05) is 49.7 Å². The Morgan fingerprint density at radius 3 is 2.58 bits per heavy atom. The summed E-state index contributed by atoms with van der Waals surface area (Å²) < 4.78 is 27.9. The molecule has 0 spiro atoms. The standard InChI is InChI=1S/C29H40N4O4S/c1-19(2)18-31-21(4)22-10-13-25-23(16-22)6-5-7-26(25)32-28(34)17-27-29(35)30-14-15-33(27)38(36,37)24-11-8-20(3)9-12-24/h8-13,16,19,21,26-27,31H,5-7,14-15,17-18H2,1-4H3,(H,30,35)(H,32,34)/t21?,26-,27-/m1/s1. The Bertz CT molecular complexity index is 1260. The lowest BCUT2D eigenvalue weighted by atomic mass is 9.85. The Labute approximate surface area is 226 Å². The molecule has 206 valence electrons. The molecule has 1 heterocycles. The van der Waals surface area contributed by atoms with E-state index in [9.17, 15) is 18.0 Å². The quantitative estimate of drug-likeness (QED) is 0.452. The van der Waals surface area contributed by atoms with Crippen LogP contribution < -0.4 is 16.0 Å². The first-order chi connectivity index (χ1) is 18.1. The number of carbonyl (C=O) groups excluding carboxylic acids is 2. The highest BCUT2D eigenvalue weighted by atomic mass is 32.2. The topological polar surface area (TPSA) is 108 Å². The summed E-state index contributed by atoms with van der Waals surface area (Å²) in [6, 6.07) is 12.0. The highest BCUT2D eigenvalue weighted by molar-refractivity contribution is 7.89. The van der Waals surface area contributed by atoms with Crippen molar-refractivity contribution in [3.8, 4) is 0 Å². The summed E-state index contributed by atoms with van der Waals surface area (Å²) in [7, 11) is -3.92. The van der Waals surface area contributed by atoms with Crippen molar-refractivity contribution in [2.75, 3.05) is 19.6 Å². The molecule has 38 heavy (non-hydrogen) atoms. The second kappa shape index (κ2) is 12.0. The molecule has 1 saturated heterocycles. The molecule has 1 aliphatic carbocycles. The van der Waals surface area contributed by atoms with Crippen LogP contribution in [0.4, 0.5) is 0 Å². The maximum absolute atomic E-state index is 13.4. The van der Waals surface area contributed by atoms with Crippen LogP contribution in [0.3, 0.4) is 0 Å². The number of amides is 2. The van der Waals surface area contributed by atoms with Crippen LogP contribution in [0, 0.1) is 12.8 Å². The molecule has 2 aliphatic rings. The van der Waals surface area contributed by atoms with Crippen molar-refractivity contribution in [3.63, 3.8) is 0 Å². The first-order valence-electron chi connectivity index (χ1n) is 13.6. The molecule has 1 unspecified atom stereocenters. The van der Waals surface area contributed by atoms with Crippen LogP contribution in [0.15, 0.2) is 47.4 Å². The molecule has 0 saturated carbocycles. The molecule has 2 amide bonds. The Hall–Kier alpha value is -2.75. The number of carbonyl (C=O) groups is 2. The summed E-state index contributed by atoms with van der Waals surface area (Å²) in [5.74, 6) is -0.201. The average molecular weight is 541 g/mol. The van der Waals surface area contributed by atoms with Crippen molar-refractivity contribution in [2.45, 2.75) is 76.4 Å². The number of hydrogen-bond acceptors (Lipinski definition) is 5. The number of benzene rings is 2. The van der Waals surface area contributed by atoms with E-state index in [4.69, 9.17) is 0 Å². The van der Waals surface area contributed by atoms with Crippen molar-refractivity contribution >= 4 is 21.8 Å². The highest BCUT2D eigenvalue weighted by Gasteiger charge is 2.40. The smallest absolute Gasteiger partial charge is 0.243 e. The minimum absolute atomic E-state index is 0.123. The molecule has 4 rings (SSSR count). The SMILES string of the molecule is Cc1ccc(S(=O)(=O)N2CCNC(=O)[C@H]2CC(=O)N[C@@H]2CCCc3cc(C(C)NCC(C)C)ccc32)cc1.